The Hall–Kier alpha value is -0.880. The Balaban J connectivity index is 1.31. The maximum Gasteiger partial charge on any atom is 0.209 e. The lowest BCUT2D eigenvalue weighted by Gasteiger charge is -2.40. The summed E-state index contributed by atoms with van der Waals surface area (Å²) in [6.07, 6.45) is 9.37. The third kappa shape index (κ3) is 3.69. The van der Waals surface area contributed by atoms with E-state index >= 15 is 0 Å². The van der Waals surface area contributed by atoms with Crippen LogP contribution in [0, 0.1) is 5.92 Å². The Bertz CT molecular complexity index is 511. The molecule has 0 unspecified atom stereocenters. The van der Waals surface area contributed by atoms with E-state index in [1.54, 1.807) is 11.3 Å². The van der Waals surface area contributed by atoms with Crippen LogP contribution < -0.4 is 9.80 Å². The normalized spacial score (nSPS) is 25.4. The molecule has 1 aromatic heterocycles. The maximum absolute atomic E-state index is 4.51. The first-order chi connectivity index (χ1) is 11.8. The summed E-state index contributed by atoms with van der Waals surface area (Å²) in [5, 5.41) is 11.3. The molecule has 0 spiro atoms. The number of nitrogens with zero attached hydrogens (tertiary/aromatic N) is 5. The second-order valence-corrected chi connectivity index (χ2v) is 8.79. The Morgan fingerprint density at radius 3 is 1.88 bits per heavy atom. The molecule has 0 radical (unpaired) electrons. The van der Waals surface area contributed by atoms with Gasteiger partial charge in [-0.25, -0.2) is 0 Å². The van der Waals surface area contributed by atoms with Gasteiger partial charge >= 0.3 is 0 Å². The van der Waals surface area contributed by atoms with Crippen LogP contribution in [0.15, 0.2) is 0 Å². The monoisotopic (exact) mass is 349 g/mol. The first kappa shape index (κ1) is 16.6. The largest absolute Gasteiger partial charge is 0.347 e. The topological polar surface area (TPSA) is 35.5 Å². The number of anilines is 2. The smallest absolute Gasteiger partial charge is 0.209 e. The number of rotatable bonds is 3. The minimum absolute atomic E-state index is 0.803. The Morgan fingerprint density at radius 1 is 0.750 bits per heavy atom. The highest BCUT2D eigenvalue weighted by Gasteiger charge is 2.27. The summed E-state index contributed by atoms with van der Waals surface area (Å²) < 4.78 is 0. The average molecular weight is 350 g/mol. The number of hydrogen-bond acceptors (Lipinski definition) is 6. The number of aromatic nitrogens is 2. The molecule has 0 aromatic carbocycles. The van der Waals surface area contributed by atoms with E-state index in [9.17, 15) is 0 Å². The van der Waals surface area contributed by atoms with Crippen LogP contribution in [0.5, 0.6) is 0 Å². The van der Waals surface area contributed by atoms with Crippen LogP contribution in [0.4, 0.5) is 10.3 Å². The van der Waals surface area contributed by atoms with E-state index in [-0.39, 0.29) is 0 Å². The third-order valence-electron chi connectivity index (χ3n) is 6.10. The first-order valence-electron chi connectivity index (χ1n) is 9.87. The van der Waals surface area contributed by atoms with Crippen molar-refractivity contribution in [1.29, 1.82) is 0 Å². The fourth-order valence-electron chi connectivity index (χ4n) is 4.37. The predicted molar refractivity (Wildman–Crippen MR) is 101 cm³/mol. The summed E-state index contributed by atoms with van der Waals surface area (Å²) in [6, 6.07) is 0.803. The molecule has 3 aliphatic rings. The summed E-state index contributed by atoms with van der Waals surface area (Å²) in [6.45, 7) is 9.58. The number of hydrogen-bond donors (Lipinski definition) is 0. The zero-order valence-corrected chi connectivity index (χ0v) is 15.8. The van der Waals surface area contributed by atoms with Gasteiger partial charge < -0.3 is 14.7 Å². The van der Waals surface area contributed by atoms with Crippen LogP contribution in [0.2, 0.25) is 0 Å². The molecule has 4 rings (SSSR count). The summed E-state index contributed by atoms with van der Waals surface area (Å²) in [7, 11) is 0. The van der Waals surface area contributed by atoms with E-state index in [1.807, 2.05) is 0 Å². The summed E-state index contributed by atoms with van der Waals surface area (Å²) in [4.78, 5) is 7.64. The lowest BCUT2D eigenvalue weighted by Crippen LogP contribution is -2.46. The van der Waals surface area contributed by atoms with E-state index < -0.39 is 0 Å². The van der Waals surface area contributed by atoms with Gasteiger partial charge in [0.25, 0.3) is 0 Å². The van der Waals surface area contributed by atoms with E-state index in [2.05, 4.69) is 31.8 Å². The highest BCUT2D eigenvalue weighted by molar-refractivity contribution is 7.19. The molecule has 6 heteroatoms. The van der Waals surface area contributed by atoms with Gasteiger partial charge in [-0.3, -0.25) is 0 Å². The van der Waals surface area contributed by atoms with Crippen LogP contribution in [0.25, 0.3) is 0 Å². The van der Waals surface area contributed by atoms with Crippen LogP contribution in [-0.2, 0) is 0 Å². The SMILES string of the molecule is CC1CCN(c2nnc(N3CCC(N4CCCCC4)CC3)s2)CC1. The van der Waals surface area contributed by atoms with Gasteiger partial charge in [-0.1, -0.05) is 24.7 Å². The molecule has 0 saturated carbocycles. The zero-order chi connectivity index (χ0) is 16.4. The van der Waals surface area contributed by atoms with E-state index in [0.29, 0.717) is 0 Å². The second kappa shape index (κ2) is 7.56. The Labute approximate surface area is 150 Å². The van der Waals surface area contributed by atoms with Crippen LogP contribution in [-0.4, -0.2) is 60.4 Å². The fraction of sp³-hybridized carbons (Fsp3) is 0.889. The van der Waals surface area contributed by atoms with Crippen molar-refractivity contribution in [3.8, 4) is 0 Å². The average Bonchev–Trinajstić information content (AvgIpc) is 3.13. The molecule has 0 amide bonds. The van der Waals surface area contributed by atoms with Crippen LogP contribution in [0.3, 0.4) is 0 Å². The van der Waals surface area contributed by atoms with Crippen molar-refractivity contribution in [2.24, 2.45) is 5.92 Å². The number of likely N-dealkylation sites (tertiary alicyclic amines) is 1. The van der Waals surface area contributed by atoms with Gasteiger partial charge in [-0.15, -0.1) is 10.2 Å². The van der Waals surface area contributed by atoms with Crippen molar-refractivity contribution in [1.82, 2.24) is 15.1 Å². The van der Waals surface area contributed by atoms with Crippen molar-refractivity contribution in [3.05, 3.63) is 0 Å². The molecule has 3 fully saturated rings. The minimum Gasteiger partial charge on any atom is -0.347 e. The van der Waals surface area contributed by atoms with Crippen molar-refractivity contribution >= 4 is 21.6 Å². The van der Waals surface area contributed by atoms with E-state index in [4.69, 9.17) is 0 Å². The lowest BCUT2D eigenvalue weighted by molar-refractivity contribution is 0.141. The minimum atomic E-state index is 0.803. The van der Waals surface area contributed by atoms with E-state index in [0.717, 1.165) is 48.4 Å². The molecule has 24 heavy (non-hydrogen) atoms. The van der Waals surface area contributed by atoms with Crippen LogP contribution >= 0.6 is 11.3 Å². The molecule has 5 nitrogen and oxygen atoms in total. The van der Waals surface area contributed by atoms with Gasteiger partial charge in [0.1, 0.15) is 0 Å². The van der Waals surface area contributed by atoms with Crippen molar-refractivity contribution < 1.29 is 0 Å². The molecule has 134 valence electrons. The lowest BCUT2D eigenvalue weighted by atomic mass is 10.00. The van der Waals surface area contributed by atoms with Crippen molar-refractivity contribution in [2.45, 2.75) is 57.9 Å². The fourth-order valence-corrected chi connectivity index (χ4v) is 5.32. The molecule has 0 atom stereocenters. The van der Waals surface area contributed by atoms with Gasteiger partial charge in [0.05, 0.1) is 0 Å². The summed E-state index contributed by atoms with van der Waals surface area (Å²) >= 11 is 1.80. The van der Waals surface area contributed by atoms with Gasteiger partial charge in [-0.2, -0.15) is 0 Å². The van der Waals surface area contributed by atoms with Gasteiger partial charge in [0.2, 0.25) is 10.3 Å². The molecule has 3 aliphatic heterocycles. The Kier molecular flexibility index (Phi) is 5.22. The van der Waals surface area contributed by atoms with Crippen LogP contribution in [0.1, 0.15) is 51.9 Å². The first-order valence-corrected chi connectivity index (χ1v) is 10.7. The zero-order valence-electron chi connectivity index (χ0n) is 15.0. The molecular formula is C18H31N5S. The molecular weight excluding hydrogens is 318 g/mol. The molecule has 0 N–H and O–H groups in total. The quantitative estimate of drug-likeness (QED) is 0.837. The molecule has 0 aliphatic carbocycles. The third-order valence-corrected chi connectivity index (χ3v) is 7.14. The standard InChI is InChI=1S/C18H31N5S/c1-15-5-11-22(12-6-15)17-19-20-18(24-17)23-13-7-16(8-14-23)21-9-3-2-4-10-21/h15-16H,2-14H2,1H3. The predicted octanol–water partition coefficient (Wildman–Crippen LogP) is 3.23. The van der Waals surface area contributed by atoms with Gasteiger partial charge in [0.15, 0.2) is 0 Å². The maximum atomic E-state index is 4.51. The van der Waals surface area contributed by atoms with Crippen molar-refractivity contribution in [2.75, 3.05) is 49.1 Å². The summed E-state index contributed by atoms with van der Waals surface area (Å²) in [5.41, 5.74) is 0. The molecule has 4 heterocycles. The summed E-state index contributed by atoms with van der Waals surface area (Å²) in [5.74, 6) is 0.863. The highest BCUT2D eigenvalue weighted by atomic mass is 32.1. The molecule has 3 saturated heterocycles. The van der Waals surface area contributed by atoms with Gasteiger partial charge in [0, 0.05) is 32.2 Å². The highest BCUT2D eigenvalue weighted by Crippen LogP contribution is 2.32. The number of piperidine rings is 3. The molecule has 0 bridgehead atoms. The van der Waals surface area contributed by atoms with Gasteiger partial charge in [-0.05, 0) is 57.5 Å². The van der Waals surface area contributed by atoms with E-state index in [1.165, 1.54) is 58.0 Å². The van der Waals surface area contributed by atoms with Crippen molar-refractivity contribution in [3.63, 3.8) is 0 Å². The molecule has 1 aromatic rings. The second-order valence-electron chi connectivity index (χ2n) is 7.85. The Morgan fingerprint density at radius 2 is 1.29 bits per heavy atom.